The molecule has 3 saturated carbocycles. The fraction of sp³-hybridized carbons (Fsp3) is 0.571. The number of rotatable bonds is 2. The quantitative estimate of drug-likeness (QED) is 0.580. The molecule has 1 heterocycles. The highest BCUT2D eigenvalue weighted by Crippen LogP contribution is 2.68. The number of fused-ring (bicyclic) bond motifs is 5. The van der Waals surface area contributed by atoms with E-state index in [0.717, 1.165) is 30.7 Å². The maximum atomic E-state index is 12.1. The molecular weight excluding hydrogens is 414 g/mol. The summed E-state index contributed by atoms with van der Waals surface area (Å²) in [7, 11) is 0. The number of allylic oxidation sites excluding steroid dienone is 1. The van der Waals surface area contributed by atoms with Crippen LogP contribution in [-0.2, 0) is 4.79 Å². The standard InChI is InChI=1S/C28H33NO2S/c1-27-13-12-19(30)14-18(27)8-9-20-21-10-11-22(28(21,2)15-24(31)25(20)27)23-16-32-26(29-23)17-6-4-3-5-7-17/h3-7,14,16,20-22,24-25,31H,8-13,15H2,1-2H3/t20?,21?,22?,24?,25?,27-,28-/m0/s1. The molecule has 1 aromatic carbocycles. The summed E-state index contributed by atoms with van der Waals surface area (Å²) in [5.41, 5.74) is 3.84. The Morgan fingerprint density at radius 1 is 1.09 bits per heavy atom. The maximum absolute atomic E-state index is 12.1. The highest BCUT2D eigenvalue weighted by molar-refractivity contribution is 7.13. The smallest absolute Gasteiger partial charge is 0.155 e. The number of carbonyl (C=O) groups is 1. The second-order valence-corrected chi connectivity index (χ2v) is 12.1. The summed E-state index contributed by atoms with van der Waals surface area (Å²) in [4.78, 5) is 17.2. The van der Waals surface area contributed by atoms with E-state index in [9.17, 15) is 9.90 Å². The average Bonchev–Trinajstić information content (AvgIpc) is 3.38. The van der Waals surface area contributed by atoms with E-state index in [1.54, 1.807) is 11.3 Å². The van der Waals surface area contributed by atoms with E-state index in [4.69, 9.17) is 4.98 Å². The van der Waals surface area contributed by atoms with Gasteiger partial charge in [-0.25, -0.2) is 4.98 Å². The Hall–Kier alpha value is -1.78. The van der Waals surface area contributed by atoms with E-state index >= 15 is 0 Å². The number of nitrogens with zero attached hydrogens (tertiary/aromatic N) is 1. The summed E-state index contributed by atoms with van der Waals surface area (Å²) in [6.45, 7) is 4.78. The maximum Gasteiger partial charge on any atom is 0.155 e. The van der Waals surface area contributed by atoms with E-state index in [-0.39, 0.29) is 22.7 Å². The van der Waals surface area contributed by atoms with Crippen LogP contribution in [0.2, 0.25) is 0 Å². The lowest BCUT2D eigenvalue weighted by atomic mass is 9.46. The number of carbonyl (C=O) groups excluding carboxylic acids is 1. The lowest BCUT2D eigenvalue weighted by Gasteiger charge is -2.59. The summed E-state index contributed by atoms with van der Waals surface area (Å²) < 4.78 is 0. The minimum absolute atomic E-state index is 0.00320. The topological polar surface area (TPSA) is 50.2 Å². The Bertz CT molecular complexity index is 1070. The molecule has 1 aromatic heterocycles. The van der Waals surface area contributed by atoms with Crippen LogP contribution in [-0.4, -0.2) is 22.0 Å². The van der Waals surface area contributed by atoms with Crippen LogP contribution in [0.15, 0.2) is 47.4 Å². The van der Waals surface area contributed by atoms with Gasteiger partial charge in [0.25, 0.3) is 0 Å². The molecule has 1 N–H and O–H groups in total. The number of ketones is 1. The zero-order chi connectivity index (χ0) is 22.1. The largest absolute Gasteiger partial charge is 0.393 e. The average molecular weight is 448 g/mol. The molecule has 32 heavy (non-hydrogen) atoms. The van der Waals surface area contributed by atoms with Crippen LogP contribution < -0.4 is 0 Å². The van der Waals surface area contributed by atoms with E-state index in [1.807, 2.05) is 12.1 Å². The Kier molecular flexibility index (Phi) is 4.79. The molecule has 0 radical (unpaired) electrons. The summed E-state index contributed by atoms with van der Waals surface area (Å²) in [6, 6.07) is 10.5. The second-order valence-electron chi connectivity index (χ2n) is 11.2. The third kappa shape index (κ3) is 2.95. The van der Waals surface area contributed by atoms with Crippen molar-refractivity contribution in [3.05, 3.63) is 53.1 Å². The third-order valence-electron chi connectivity index (χ3n) is 9.79. The molecule has 0 spiro atoms. The van der Waals surface area contributed by atoms with Gasteiger partial charge in [-0.15, -0.1) is 11.3 Å². The number of aliphatic hydroxyl groups excluding tert-OH is 1. The first-order chi connectivity index (χ1) is 15.4. The number of aromatic nitrogens is 1. The zero-order valence-corrected chi connectivity index (χ0v) is 19.9. The van der Waals surface area contributed by atoms with Crippen molar-refractivity contribution < 1.29 is 9.90 Å². The predicted molar refractivity (Wildman–Crippen MR) is 128 cm³/mol. The molecule has 4 aliphatic rings. The molecule has 0 bridgehead atoms. The molecule has 3 fully saturated rings. The van der Waals surface area contributed by atoms with Gasteiger partial charge >= 0.3 is 0 Å². The third-order valence-corrected chi connectivity index (χ3v) is 10.7. The van der Waals surface area contributed by atoms with Crippen LogP contribution in [0.25, 0.3) is 10.6 Å². The SMILES string of the molecule is C[C@]12CC(O)C3C(CCC4=CC(=O)CC[C@@]43C)C1CCC2c1csc(-c2ccccc2)n1. The molecule has 0 aliphatic heterocycles. The van der Waals surface area contributed by atoms with Gasteiger partial charge in [-0.3, -0.25) is 4.79 Å². The molecule has 5 unspecified atom stereocenters. The number of hydrogen-bond acceptors (Lipinski definition) is 4. The van der Waals surface area contributed by atoms with Gasteiger partial charge in [0.1, 0.15) is 5.01 Å². The van der Waals surface area contributed by atoms with Crippen molar-refractivity contribution in [2.45, 2.75) is 70.8 Å². The summed E-state index contributed by atoms with van der Waals surface area (Å²) in [6.07, 6.45) is 8.61. The van der Waals surface area contributed by atoms with Crippen molar-refractivity contribution in [3.63, 3.8) is 0 Å². The van der Waals surface area contributed by atoms with Crippen molar-refractivity contribution in [3.8, 4) is 10.6 Å². The van der Waals surface area contributed by atoms with Gasteiger partial charge < -0.3 is 5.11 Å². The predicted octanol–water partition coefficient (Wildman–Crippen LogP) is 6.40. The first-order valence-electron chi connectivity index (χ1n) is 12.3. The van der Waals surface area contributed by atoms with E-state index in [2.05, 4.69) is 43.5 Å². The van der Waals surface area contributed by atoms with Crippen molar-refractivity contribution in [1.29, 1.82) is 0 Å². The first-order valence-corrected chi connectivity index (χ1v) is 13.2. The normalized spacial score (nSPS) is 40.9. The molecule has 0 saturated heterocycles. The lowest BCUT2D eigenvalue weighted by molar-refractivity contribution is -0.129. The van der Waals surface area contributed by atoms with Crippen LogP contribution in [0, 0.1) is 28.6 Å². The van der Waals surface area contributed by atoms with Gasteiger partial charge in [0, 0.05) is 23.3 Å². The lowest BCUT2D eigenvalue weighted by Crippen LogP contribution is -2.56. The molecule has 4 heteroatoms. The molecule has 2 aromatic rings. The monoisotopic (exact) mass is 447 g/mol. The van der Waals surface area contributed by atoms with Crippen molar-refractivity contribution >= 4 is 17.1 Å². The highest BCUT2D eigenvalue weighted by Gasteiger charge is 2.62. The van der Waals surface area contributed by atoms with Gasteiger partial charge in [-0.05, 0) is 73.2 Å². The van der Waals surface area contributed by atoms with Crippen LogP contribution in [0.4, 0.5) is 0 Å². The van der Waals surface area contributed by atoms with Gasteiger partial charge in [0.05, 0.1) is 11.8 Å². The Morgan fingerprint density at radius 3 is 2.72 bits per heavy atom. The molecule has 168 valence electrons. The van der Waals surface area contributed by atoms with Crippen LogP contribution in [0.3, 0.4) is 0 Å². The fourth-order valence-corrected chi connectivity index (χ4v) is 9.21. The second kappa shape index (κ2) is 7.36. The molecule has 6 rings (SSSR count). The van der Waals surface area contributed by atoms with E-state index < -0.39 is 0 Å². The number of benzene rings is 1. The first kappa shape index (κ1) is 20.8. The highest BCUT2D eigenvalue weighted by atomic mass is 32.1. The molecule has 0 amide bonds. The summed E-state index contributed by atoms with van der Waals surface area (Å²) in [5.74, 6) is 2.19. The van der Waals surface area contributed by atoms with Gasteiger partial charge in [-0.1, -0.05) is 49.8 Å². The van der Waals surface area contributed by atoms with Gasteiger partial charge in [-0.2, -0.15) is 0 Å². The number of thiazole rings is 1. The molecule has 4 aliphatic carbocycles. The van der Waals surface area contributed by atoms with Crippen LogP contribution >= 0.6 is 11.3 Å². The van der Waals surface area contributed by atoms with E-state index in [0.29, 0.717) is 30.1 Å². The summed E-state index contributed by atoms with van der Waals surface area (Å²) >= 11 is 1.75. The zero-order valence-electron chi connectivity index (χ0n) is 19.1. The number of aliphatic hydroxyl groups is 1. The molecular formula is C28H33NO2S. The van der Waals surface area contributed by atoms with Crippen molar-refractivity contribution in [1.82, 2.24) is 4.98 Å². The van der Waals surface area contributed by atoms with Crippen LogP contribution in [0.1, 0.15) is 70.4 Å². The van der Waals surface area contributed by atoms with Crippen molar-refractivity contribution in [2.24, 2.45) is 28.6 Å². The minimum Gasteiger partial charge on any atom is -0.393 e. The Labute approximate surface area is 195 Å². The Morgan fingerprint density at radius 2 is 1.91 bits per heavy atom. The van der Waals surface area contributed by atoms with Gasteiger partial charge in [0.2, 0.25) is 0 Å². The summed E-state index contributed by atoms with van der Waals surface area (Å²) in [5, 5.41) is 15.0. The van der Waals surface area contributed by atoms with Crippen LogP contribution in [0.5, 0.6) is 0 Å². The van der Waals surface area contributed by atoms with E-state index in [1.165, 1.54) is 29.7 Å². The van der Waals surface area contributed by atoms with Crippen molar-refractivity contribution in [2.75, 3.05) is 0 Å². The van der Waals surface area contributed by atoms with Gasteiger partial charge in [0.15, 0.2) is 5.78 Å². The molecule has 3 nitrogen and oxygen atoms in total. The molecule has 7 atom stereocenters. The Balaban J connectivity index is 1.32. The fourth-order valence-electron chi connectivity index (χ4n) is 8.33. The number of hydrogen-bond donors (Lipinski definition) is 1. The minimum atomic E-state index is -0.295.